The van der Waals surface area contributed by atoms with Gasteiger partial charge in [-0.1, -0.05) is 39.3 Å². The summed E-state index contributed by atoms with van der Waals surface area (Å²) in [6.07, 6.45) is 0. The summed E-state index contributed by atoms with van der Waals surface area (Å²) >= 11 is 3.55. The van der Waals surface area contributed by atoms with Gasteiger partial charge in [-0.05, 0) is 11.6 Å². The molecule has 0 atom stereocenters. The third-order valence-electron chi connectivity index (χ3n) is 2.91. The van der Waals surface area contributed by atoms with Crippen molar-refractivity contribution in [3.63, 3.8) is 0 Å². The molecule has 1 N–H and O–H groups in total. The van der Waals surface area contributed by atoms with Crippen molar-refractivity contribution in [3.05, 3.63) is 46.0 Å². The maximum absolute atomic E-state index is 4.94. The fraction of sp³-hybridized carbons (Fsp3) is 0.357. The van der Waals surface area contributed by atoms with Gasteiger partial charge in [-0.15, -0.1) is 24.0 Å². The fourth-order valence-electron chi connectivity index (χ4n) is 1.91. The smallest absolute Gasteiger partial charge is 0.223 e. The van der Waals surface area contributed by atoms with Crippen LogP contribution in [0.5, 0.6) is 0 Å². The summed E-state index contributed by atoms with van der Waals surface area (Å²) in [6.45, 7) is 2.99. The van der Waals surface area contributed by atoms with E-state index in [-0.39, 0.29) is 24.0 Å². The standard InChI is InChI=1S/C14H18BrN5O.HI/c1-10-18-13(19-21-10)8-17-14(16-2)20(3)9-11-6-4-5-7-12(11)15;/h4-7H,8-9H2,1-3H3,(H,16,17);1H. The summed E-state index contributed by atoms with van der Waals surface area (Å²) in [5.41, 5.74) is 1.19. The molecular weight excluding hydrogens is 461 g/mol. The number of aromatic nitrogens is 2. The van der Waals surface area contributed by atoms with Gasteiger partial charge in [0.1, 0.15) is 0 Å². The van der Waals surface area contributed by atoms with Gasteiger partial charge < -0.3 is 14.7 Å². The molecule has 0 aliphatic heterocycles. The first-order valence-corrected chi connectivity index (χ1v) is 7.34. The Morgan fingerprint density at radius 3 is 2.73 bits per heavy atom. The van der Waals surface area contributed by atoms with E-state index in [9.17, 15) is 0 Å². The Morgan fingerprint density at radius 1 is 1.41 bits per heavy atom. The number of halogens is 2. The van der Waals surface area contributed by atoms with Crippen LogP contribution < -0.4 is 5.32 Å². The lowest BCUT2D eigenvalue weighted by Gasteiger charge is -2.22. The Kier molecular flexibility index (Phi) is 7.80. The predicted octanol–water partition coefficient (Wildman–Crippen LogP) is 2.97. The van der Waals surface area contributed by atoms with E-state index in [2.05, 4.69) is 42.4 Å². The zero-order valence-electron chi connectivity index (χ0n) is 12.7. The van der Waals surface area contributed by atoms with Crippen molar-refractivity contribution in [2.45, 2.75) is 20.0 Å². The summed E-state index contributed by atoms with van der Waals surface area (Å²) in [4.78, 5) is 10.5. The molecule has 0 fully saturated rings. The largest absolute Gasteiger partial charge is 0.349 e. The first-order chi connectivity index (χ1) is 10.1. The number of guanidine groups is 1. The number of nitrogens with one attached hydrogen (secondary N) is 1. The molecule has 0 aliphatic rings. The van der Waals surface area contributed by atoms with Crippen LogP contribution in [0.3, 0.4) is 0 Å². The highest BCUT2D eigenvalue weighted by atomic mass is 127. The van der Waals surface area contributed by atoms with Crippen LogP contribution >= 0.6 is 39.9 Å². The number of aryl methyl sites for hydroxylation is 1. The molecule has 0 radical (unpaired) electrons. The van der Waals surface area contributed by atoms with E-state index in [0.717, 1.165) is 17.0 Å². The SMILES string of the molecule is CN=C(NCc1noc(C)n1)N(C)Cc1ccccc1Br.I. The van der Waals surface area contributed by atoms with Crippen LogP contribution in [-0.2, 0) is 13.1 Å². The Bertz CT molecular complexity index is 631. The molecule has 0 spiro atoms. The zero-order chi connectivity index (χ0) is 15.2. The lowest BCUT2D eigenvalue weighted by Crippen LogP contribution is -2.38. The molecule has 6 nitrogen and oxygen atoms in total. The van der Waals surface area contributed by atoms with Crippen LogP contribution in [0.15, 0.2) is 38.3 Å². The number of nitrogens with zero attached hydrogens (tertiary/aromatic N) is 4. The van der Waals surface area contributed by atoms with Crippen LogP contribution in [0.1, 0.15) is 17.3 Å². The quantitative estimate of drug-likeness (QED) is 0.415. The fourth-order valence-corrected chi connectivity index (χ4v) is 2.32. The molecule has 1 heterocycles. The summed E-state index contributed by atoms with van der Waals surface area (Å²) in [6, 6.07) is 8.13. The van der Waals surface area contributed by atoms with Gasteiger partial charge in [-0.25, -0.2) is 0 Å². The molecule has 0 saturated carbocycles. The Hall–Kier alpha value is -1.16. The van der Waals surface area contributed by atoms with Crippen molar-refractivity contribution in [2.24, 2.45) is 4.99 Å². The molecule has 22 heavy (non-hydrogen) atoms. The zero-order valence-corrected chi connectivity index (χ0v) is 16.6. The number of benzene rings is 1. The Balaban J connectivity index is 0.00000242. The monoisotopic (exact) mass is 479 g/mol. The highest BCUT2D eigenvalue weighted by Crippen LogP contribution is 2.17. The van der Waals surface area contributed by atoms with Crippen LogP contribution in [-0.4, -0.2) is 35.1 Å². The maximum atomic E-state index is 4.94. The Morgan fingerprint density at radius 2 is 2.14 bits per heavy atom. The van der Waals surface area contributed by atoms with Crippen molar-refractivity contribution in [1.82, 2.24) is 20.4 Å². The van der Waals surface area contributed by atoms with Gasteiger partial charge >= 0.3 is 0 Å². The second-order valence-electron chi connectivity index (χ2n) is 4.58. The molecule has 1 aromatic heterocycles. The van der Waals surface area contributed by atoms with Gasteiger partial charge in [0.15, 0.2) is 11.8 Å². The number of aliphatic imine (C=N–C) groups is 1. The summed E-state index contributed by atoms with van der Waals surface area (Å²) < 4.78 is 6.03. The molecule has 1 aromatic carbocycles. The highest BCUT2D eigenvalue weighted by Gasteiger charge is 2.10. The van der Waals surface area contributed by atoms with E-state index in [1.165, 1.54) is 5.56 Å². The van der Waals surface area contributed by atoms with Gasteiger partial charge in [-0.2, -0.15) is 4.98 Å². The van der Waals surface area contributed by atoms with Crippen LogP contribution in [0.4, 0.5) is 0 Å². The minimum absolute atomic E-state index is 0. The number of hydrogen-bond donors (Lipinski definition) is 1. The van der Waals surface area contributed by atoms with Crippen molar-refractivity contribution in [2.75, 3.05) is 14.1 Å². The summed E-state index contributed by atoms with van der Waals surface area (Å²) in [5, 5.41) is 7.06. The van der Waals surface area contributed by atoms with E-state index in [0.29, 0.717) is 18.3 Å². The van der Waals surface area contributed by atoms with Crippen LogP contribution in [0.2, 0.25) is 0 Å². The minimum atomic E-state index is 0. The number of rotatable bonds is 4. The third kappa shape index (κ3) is 5.24. The first-order valence-electron chi connectivity index (χ1n) is 6.54. The van der Waals surface area contributed by atoms with Gasteiger partial charge in [0.2, 0.25) is 5.89 Å². The topological polar surface area (TPSA) is 66.5 Å². The van der Waals surface area contributed by atoms with Gasteiger partial charge in [0, 0.05) is 32.0 Å². The van der Waals surface area contributed by atoms with Crippen molar-refractivity contribution >= 4 is 45.9 Å². The van der Waals surface area contributed by atoms with Gasteiger partial charge in [0.25, 0.3) is 0 Å². The first kappa shape index (κ1) is 18.9. The molecule has 120 valence electrons. The molecule has 2 aromatic rings. The predicted molar refractivity (Wildman–Crippen MR) is 100 cm³/mol. The molecule has 0 aliphatic carbocycles. The van der Waals surface area contributed by atoms with Crippen molar-refractivity contribution < 1.29 is 4.52 Å². The van der Waals surface area contributed by atoms with E-state index in [4.69, 9.17) is 4.52 Å². The molecule has 2 rings (SSSR count). The lowest BCUT2D eigenvalue weighted by atomic mass is 10.2. The molecule has 8 heteroatoms. The van der Waals surface area contributed by atoms with E-state index in [1.54, 1.807) is 14.0 Å². The second-order valence-corrected chi connectivity index (χ2v) is 5.43. The molecule has 0 bridgehead atoms. The average molecular weight is 480 g/mol. The summed E-state index contributed by atoms with van der Waals surface area (Å²) in [5.74, 6) is 1.94. The minimum Gasteiger partial charge on any atom is -0.349 e. The molecule has 0 unspecified atom stereocenters. The van der Waals surface area contributed by atoms with Gasteiger partial charge in [-0.3, -0.25) is 4.99 Å². The lowest BCUT2D eigenvalue weighted by molar-refractivity contribution is 0.386. The van der Waals surface area contributed by atoms with E-state index >= 15 is 0 Å². The average Bonchev–Trinajstić information content (AvgIpc) is 2.88. The molecular formula is C14H19BrIN5O. The van der Waals surface area contributed by atoms with Crippen molar-refractivity contribution in [3.8, 4) is 0 Å². The Labute approximate surface area is 155 Å². The normalized spacial score (nSPS) is 11.0. The van der Waals surface area contributed by atoms with E-state index < -0.39 is 0 Å². The maximum Gasteiger partial charge on any atom is 0.223 e. The van der Waals surface area contributed by atoms with Crippen LogP contribution in [0, 0.1) is 6.92 Å². The highest BCUT2D eigenvalue weighted by molar-refractivity contribution is 14.0. The van der Waals surface area contributed by atoms with Gasteiger partial charge in [0.05, 0.1) is 6.54 Å². The molecule has 0 amide bonds. The summed E-state index contributed by atoms with van der Waals surface area (Å²) in [7, 11) is 3.73. The third-order valence-corrected chi connectivity index (χ3v) is 3.69. The second kappa shape index (κ2) is 9.09. The number of hydrogen-bond acceptors (Lipinski definition) is 4. The van der Waals surface area contributed by atoms with E-state index in [1.807, 2.05) is 30.1 Å². The van der Waals surface area contributed by atoms with Crippen LogP contribution in [0.25, 0.3) is 0 Å². The molecule has 0 saturated heterocycles. The van der Waals surface area contributed by atoms with Crippen molar-refractivity contribution in [1.29, 1.82) is 0 Å².